The summed E-state index contributed by atoms with van der Waals surface area (Å²) in [4.78, 5) is 13.0. The van der Waals surface area contributed by atoms with Crippen LogP contribution in [-0.4, -0.2) is 46.8 Å². The summed E-state index contributed by atoms with van der Waals surface area (Å²) in [6, 6.07) is -0.317. The van der Waals surface area contributed by atoms with E-state index in [0.29, 0.717) is 0 Å². The molecular weight excluding hydrogens is 194 g/mol. The van der Waals surface area contributed by atoms with Crippen LogP contribution in [0.2, 0.25) is 0 Å². The van der Waals surface area contributed by atoms with Crippen LogP contribution in [-0.2, 0) is 4.79 Å². The van der Waals surface area contributed by atoms with Crippen LogP contribution in [0, 0.1) is 5.41 Å². The molecule has 1 atom stereocenters. The Kier molecular flexibility index (Phi) is 4.11. The Hall–Kier alpha value is -0.610. The third kappa shape index (κ3) is 3.47. The van der Waals surface area contributed by atoms with E-state index < -0.39 is 5.97 Å². The minimum atomic E-state index is -0.715. The van der Waals surface area contributed by atoms with Gasteiger partial charge in [0.2, 0.25) is 0 Å². The number of carbonyl (C=O) groups is 1. The Labute approximate surface area is 90.9 Å². The van der Waals surface area contributed by atoms with E-state index in [0.717, 1.165) is 32.4 Å². The monoisotopic (exact) mass is 215 g/mol. The molecule has 1 saturated heterocycles. The number of aliphatic carboxylic acids is 1. The summed E-state index contributed by atoms with van der Waals surface area (Å²) in [5, 5.41) is 17.9. The van der Waals surface area contributed by atoms with E-state index in [4.69, 9.17) is 10.2 Å². The van der Waals surface area contributed by atoms with Crippen molar-refractivity contribution >= 4 is 5.97 Å². The first-order chi connectivity index (χ1) is 6.96. The van der Waals surface area contributed by atoms with E-state index in [1.165, 1.54) is 0 Å². The van der Waals surface area contributed by atoms with Gasteiger partial charge < -0.3 is 10.2 Å². The molecule has 1 aliphatic rings. The van der Waals surface area contributed by atoms with Gasteiger partial charge in [-0.15, -0.1) is 0 Å². The van der Waals surface area contributed by atoms with Crippen molar-refractivity contribution in [2.75, 3.05) is 19.7 Å². The maximum absolute atomic E-state index is 11.0. The van der Waals surface area contributed by atoms with Gasteiger partial charge in [0.25, 0.3) is 0 Å². The molecular formula is C11H21NO3. The summed E-state index contributed by atoms with van der Waals surface area (Å²) in [5.74, 6) is -0.715. The summed E-state index contributed by atoms with van der Waals surface area (Å²) < 4.78 is 0. The highest BCUT2D eigenvalue weighted by Gasteiger charge is 2.33. The van der Waals surface area contributed by atoms with Crippen LogP contribution in [0.5, 0.6) is 0 Å². The summed E-state index contributed by atoms with van der Waals surface area (Å²) in [6.07, 6.45) is 2.44. The predicted octanol–water partition coefficient (Wildman–Crippen LogP) is 0.944. The number of carboxylic acid groups (broad SMARTS) is 1. The fraction of sp³-hybridized carbons (Fsp3) is 0.909. The van der Waals surface area contributed by atoms with E-state index in [9.17, 15) is 4.79 Å². The lowest BCUT2D eigenvalue weighted by atomic mass is 9.89. The van der Waals surface area contributed by atoms with Crippen molar-refractivity contribution in [3.63, 3.8) is 0 Å². The zero-order valence-electron chi connectivity index (χ0n) is 9.57. The number of hydrogen-bond acceptors (Lipinski definition) is 3. The third-order valence-electron chi connectivity index (χ3n) is 3.07. The largest absolute Gasteiger partial charge is 0.480 e. The fourth-order valence-corrected chi connectivity index (χ4v) is 2.23. The first-order valence-corrected chi connectivity index (χ1v) is 5.54. The lowest BCUT2D eigenvalue weighted by Crippen LogP contribution is -2.41. The molecule has 4 heteroatoms. The molecule has 0 saturated carbocycles. The second-order valence-electron chi connectivity index (χ2n) is 5.10. The van der Waals surface area contributed by atoms with Gasteiger partial charge in [-0.3, -0.25) is 9.69 Å². The topological polar surface area (TPSA) is 60.8 Å². The van der Waals surface area contributed by atoms with Crippen molar-refractivity contribution in [3.8, 4) is 0 Å². The average molecular weight is 215 g/mol. The van der Waals surface area contributed by atoms with E-state index in [1.807, 2.05) is 4.90 Å². The Bertz CT molecular complexity index is 228. The smallest absolute Gasteiger partial charge is 0.320 e. The van der Waals surface area contributed by atoms with Gasteiger partial charge >= 0.3 is 5.97 Å². The molecule has 0 radical (unpaired) electrons. The molecule has 15 heavy (non-hydrogen) atoms. The molecule has 1 heterocycles. The van der Waals surface area contributed by atoms with Crippen molar-refractivity contribution in [3.05, 3.63) is 0 Å². The molecule has 1 unspecified atom stereocenters. The van der Waals surface area contributed by atoms with E-state index >= 15 is 0 Å². The molecule has 0 amide bonds. The second kappa shape index (κ2) is 4.94. The molecule has 0 aromatic heterocycles. The maximum atomic E-state index is 11.0. The van der Waals surface area contributed by atoms with E-state index in [2.05, 4.69) is 13.8 Å². The van der Waals surface area contributed by atoms with Crippen molar-refractivity contribution in [2.24, 2.45) is 5.41 Å². The summed E-state index contributed by atoms with van der Waals surface area (Å²) >= 11 is 0. The van der Waals surface area contributed by atoms with Crippen LogP contribution in [0.4, 0.5) is 0 Å². The van der Waals surface area contributed by atoms with Gasteiger partial charge in [0.05, 0.1) is 0 Å². The molecule has 88 valence electrons. The van der Waals surface area contributed by atoms with Crippen LogP contribution in [0.15, 0.2) is 0 Å². The van der Waals surface area contributed by atoms with Crippen LogP contribution >= 0.6 is 0 Å². The van der Waals surface area contributed by atoms with Crippen molar-refractivity contribution in [1.82, 2.24) is 4.90 Å². The molecule has 0 spiro atoms. The van der Waals surface area contributed by atoms with Gasteiger partial charge in [0.15, 0.2) is 0 Å². The Morgan fingerprint density at radius 2 is 2.20 bits per heavy atom. The van der Waals surface area contributed by atoms with Crippen LogP contribution in [0.25, 0.3) is 0 Å². The van der Waals surface area contributed by atoms with Gasteiger partial charge in [0, 0.05) is 13.2 Å². The zero-order valence-corrected chi connectivity index (χ0v) is 9.57. The van der Waals surface area contributed by atoms with E-state index in [1.54, 1.807) is 0 Å². The molecule has 1 fully saturated rings. The van der Waals surface area contributed by atoms with Crippen molar-refractivity contribution in [2.45, 2.75) is 39.2 Å². The lowest BCUT2D eigenvalue weighted by Gasteiger charge is -2.31. The molecule has 0 aliphatic carbocycles. The number of carboxylic acids is 1. The standard InChI is InChI=1S/C11H21NO3/c1-11(2,5-7-13)8-12-6-3-4-9(12)10(14)15/h9,13H,3-8H2,1-2H3,(H,14,15). The van der Waals surface area contributed by atoms with Crippen LogP contribution in [0.3, 0.4) is 0 Å². The van der Waals surface area contributed by atoms with Crippen molar-refractivity contribution in [1.29, 1.82) is 0 Å². The van der Waals surface area contributed by atoms with Gasteiger partial charge in [0.1, 0.15) is 6.04 Å². The average Bonchev–Trinajstić information content (AvgIpc) is 2.50. The normalized spacial score (nSPS) is 23.3. The predicted molar refractivity (Wildman–Crippen MR) is 57.7 cm³/mol. The number of aliphatic hydroxyl groups excluding tert-OH is 1. The maximum Gasteiger partial charge on any atom is 0.320 e. The van der Waals surface area contributed by atoms with Crippen LogP contribution in [0.1, 0.15) is 33.1 Å². The molecule has 0 aromatic carbocycles. The lowest BCUT2D eigenvalue weighted by molar-refractivity contribution is -0.142. The second-order valence-corrected chi connectivity index (χ2v) is 5.10. The fourth-order valence-electron chi connectivity index (χ4n) is 2.23. The minimum absolute atomic E-state index is 0.00715. The molecule has 0 bridgehead atoms. The highest BCUT2D eigenvalue weighted by molar-refractivity contribution is 5.73. The van der Waals surface area contributed by atoms with Gasteiger partial charge in [-0.2, -0.15) is 0 Å². The molecule has 2 N–H and O–H groups in total. The minimum Gasteiger partial charge on any atom is -0.480 e. The Morgan fingerprint density at radius 1 is 1.53 bits per heavy atom. The van der Waals surface area contributed by atoms with Gasteiger partial charge in [-0.1, -0.05) is 13.8 Å². The molecule has 1 rings (SSSR count). The van der Waals surface area contributed by atoms with Crippen LogP contribution < -0.4 is 0 Å². The highest BCUT2D eigenvalue weighted by Crippen LogP contribution is 2.26. The third-order valence-corrected chi connectivity index (χ3v) is 3.07. The first-order valence-electron chi connectivity index (χ1n) is 5.54. The van der Waals surface area contributed by atoms with Gasteiger partial charge in [-0.25, -0.2) is 0 Å². The number of rotatable bonds is 5. The molecule has 4 nitrogen and oxygen atoms in total. The Balaban J connectivity index is 2.53. The summed E-state index contributed by atoms with van der Waals surface area (Å²) in [6.45, 7) is 5.93. The zero-order chi connectivity index (χ0) is 11.5. The number of aliphatic hydroxyl groups is 1. The van der Waals surface area contributed by atoms with Crippen molar-refractivity contribution < 1.29 is 15.0 Å². The first kappa shape index (κ1) is 12.5. The number of nitrogens with zero attached hydrogens (tertiary/aromatic N) is 1. The van der Waals surface area contributed by atoms with Gasteiger partial charge in [-0.05, 0) is 31.2 Å². The molecule has 1 aliphatic heterocycles. The quantitative estimate of drug-likeness (QED) is 0.716. The summed E-state index contributed by atoms with van der Waals surface area (Å²) in [7, 11) is 0. The number of likely N-dealkylation sites (tertiary alicyclic amines) is 1. The molecule has 0 aromatic rings. The highest BCUT2D eigenvalue weighted by atomic mass is 16.4. The Morgan fingerprint density at radius 3 is 2.73 bits per heavy atom. The number of hydrogen-bond donors (Lipinski definition) is 2. The summed E-state index contributed by atoms with van der Waals surface area (Å²) in [5.41, 5.74) is -0.00715. The SMILES string of the molecule is CC(C)(CCO)CN1CCCC1C(=O)O. The van der Waals surface area contributed by atoms with E-state index in [-0.39, 0.29) is 18.1 Å².